The van der Waals surface area contributed by atoms with Gasteiger partial charge in [0.1, 0.15) is 0 Å². The van der Waals surface area contributed by atoms with Crippen LogP contribution in [0.4, 0.5) is 0 Å². The Morgan fingerprint density at radius 2 is 1.57 bits per heavy atom. The summed E-state index contributed by atoms with van der Waals surface area (Å²) in [5.41, 5.74) is 0.703. The third kappa shape index (κ3) is 3.91. The van der Waals surface area contributed by atoms with Crippen molar-refractivity contribution < 1.29 is 14.3 Å². The zero-order valence-corrected chi connectivity index (χ0v) is 17.0. The number of halogens is 1. The van der Waals surface area contributed by atoms with Crippen LogP contribution in [0.3, 0.4) is 0 Å². The van der Waals surface area contributed by atoms with Gasteiger partial charge in [-0.25, -0.2) is 0 Å². The molecule has 0 atom stereocenters. The van der Waals surface area contributed by atoms with Crippen LogP contribution >= 0.6 is 11.6 Å². The van der Waals surface area contributed by atoms with E-state index in [-0.39, 0.29) is 17.2 Å². The van der Waals surface area contributed by atoms with E-state index < -0.39 is 0 Å². The zero-order chi connectivity index (χ0) is 19.6. The fourth-order valence-electron chi connectivity index (χ4n) is 4.44. The second kappa shape index (κ2) is 8.39. The maximum absolute atomic E-state index is 13.3. The van der Waals surface area contributed by atoms with E-state index in [0.29, 0.717) is 51.0 Å². The van der Waals surface area contributed by atoms with Gasteiger partial charge in [0, 0.05) is 44.3 Å². The van der Waals surface area contributed by atoms with Crippen molar-refractivity contribution in [2.45, 2.75) is 24.7 Å². The summed E-state index contributed by atoms with van der Waals surface area (Å²) in [7, 11) is 0. The minimum atomic E-state index is -0.379. The molecule has 7 heteroatoms. The molecule has 0 spiro atoms. The Labute approximate surface area is 171 Å². The van der Waals surface area contributed by atoms with E-state index in [0.717, 1.165) is 37.9 Å². The van der Waals surface area contributed by atoms with E-state index in [1.807, 2.05) is 34.1 Å². The van der Waals surface area contributed by atoms with Crippen molar-refractivity contribution in [2.24, 2.45) is 0 Å². The molecular formula is C21H28ClN3O3. The molecule has 4 rings (SSSR count). The third-order valence-corrected chi connectivity index (χ3v) is 6.65. The molecule has 0 radical (unpaired) electrons. The second-order valence-corrected chi connectivity index (χ2v) is 8.44. The number of carbonyl (C=O) groups excluding carboxylic acids is 2. The number of amides is 2. The van der Waals surface area contributed by atoms with E-state index in [1.54, 1.807) is 0 Å². The molecular weight excluding hydrogens is 378 g/mol. The van der Waals surface area contributed by atoms with Crippen LogP contribution < -0.4 is 0 Å². The fraction of sp³-hybridized carbons (Fsp3) is 0.619. The minimum Gasteiger partial charge on any atom is -0.378 e. The van der Waals surface area contributed by atoms with E-state index in [4.69, 9.17) is 16.3 Å². The molecule has 1 aromatic carbocycles. The normalized spacial score (nSPS) is 22.6. The SMILES string of the molecule is O=C(CN1CCN(C(=O)C2(c3ccc(Cl)cc3)CCC2)CC1)N1CCOCC1. The molecule has 152 valence electrons. The average Bonchev–Trinajstić information content (AvgIpc) is 2.69. The first-order valence-electron chi connectivity index (χ1n) is 10.2. The predicted molar refractivity (Wildman–Crippen MR) is 107 cm³/mol. The van der Waals surface area contributed by atoms with Crippen molar-refractivity contribution >= 4 is 23.4 Å². The summed E-state index contributed by atoms with van der Waals surface area (Å²) in [5.74, 6) is 0.403. The quantitative estimate of drug-likeness (QED) is 0.766. The molecule has 0 unspecified atom stereocenters. The summed E-state index contributed by atoms with van der Waals surface area (Å²) >= 11 is 6.03. The molecule has 3 aliphatic rings. The maximum Gasteiger partial charge on any atom is 0.236 e. The van der Waals surface area contributed by atoms with Gasteiger partial charge in [-0.3, -0.25) is 14.5 Å². The summed E-state index contributed by atoms with van der Waals surface area (Å²) in [6.07, 6.45) is 2.90. The predicted octanol–water partition coefficient (Wildman–Crippen LogP) is 1.76. The van der Waals surface area contributed by atoms with Gasteiger partial charge in [0.05, 0.1) is 25.2 Å². The van der Waals surface area contributed by atoms with Gasteiger partial charge in [0.25, 0.3) is 0 Å². The maximum atomic E-state index is 13.3. The lowest BCUT2D eigenvalue weighted by atomic mass is 9.63. The van der Waals surface area contributed by atoms with Gasteiger partial charge in [-0.2, -0.15) is 0 Å². The summed E-state index contributed by atoms with van der Waals surface area (Å²) in [6, 6.07) is 7.74. The molecule has 0 aromatic heterocycles. The Bertz CT molecular complexity index is 706. The van der Waals surface area contributed by atoms with Gasteiger partial charge in [-0.15, -0.1) is 0 Å². The molecule has 28 heavy (non-hydrogen) atoms. The topological polar surface area (TPSA) is 53.1 Å². The molecule has 6 nitrogen and oxygen atoms in total. The van der Waals surface area contributed by atoms with Crippen LogP contribution in [0.25, 0.3) is 0 Å². The second-order valence-electron chi connectivity index (χ2n) is 8.00. The van der Waals surface area contributed by atoms with Crippen molar-refractivity contribution in [3.63, 3.8) is 0 Å². The Morgan fingerprint density at radius 1 is 0.929 bits per heavy atom. The molecule has 0 bridgehead atoms. The van der Waals surface area contributed by atoms with Crippen LogP contribution in [-0.2, 0) is 19.7 Å². The summed E-state index contributed by atoms with van der Waals surface area (Å²) < 4.78 is 5.31. The number of morpholine rings is 1. The number of piperazine rings is 1. The van der Waals surface area contributed by atoms with Gasteiger partial charge in [0.15, 0.2) is 0 Å². The van der Waals surface area contributed by atoms with Crippen LogP contribution in [0.2, 0.25) is 5.02 Å². The van der Waals surface area contributed by atoms with Crippen LogP contribution in [0.5, 0.6) is 0 Å². The molecule has 1 saturated carbocycles. The lowest BCUT2D eigenvalue weighted by Crippen LogP contribution is -2.57. The first-order chi connectivity index (χ1) is 13.6. The third-order valence-electron chi connectivity index (χ3n) is 6.40. The number of nitrogens with zero attached hydrogens (tertiary/aromatic N) is 3. The molecule has 3 fully saturated rings. The van der Waals surface area contributed by atoms with Crippen LogP contribution in [0.15, 0.2) is 24.3 Å². The molecule has 1 aliphatic carbocycles. The fourth-order valence-corrected chi connectivity index (χ4v) is 4.57. The number of benzene rings is 1. The van der Waals surface area contributed by atoms with Crippen molar-refractivity contribution in [3.8, 4) is 0 Å². The Hall–Kier alpha value is -1.63. The minimum absolute atomic E-state index is 0.166. The van der Waals surface area contributed by atoms with E-state index in [9.17, 15) is 9.59 Å². The molecule has 2 amide bonds. The van der Waals surface area contributed by atoms with Crippen molar-refractivity contribution in [3.05, 3.63) is 34.9 Å². The Balaban J connectivity index is 1.33. The van der Waals surface area contributed by atoms with Gasteiger partial charge in [0.2, 0.25) is 11.8 Å². The highest BCUT2D eigenvalue weighted by molar-refractivity contribution is 6.30. The highest BCUT2D eigenvalue weighted by Gasteiger charge is 2.48. The molecule has 1 aromatic rings. The summed E-state index contributed by atoms with van der Waals surface area (Å²) in [5, 5.41) is 0.698. The van der Waals surface area contributed by atoms with E-state index in [2.05, 4.69) is 4.90 Å². The van der Waals surface area contributed by atoms with Gasteiger partial charge >= 0.3 is 0 Å². The first kappa shape index (κ1) is 19.7. The summed E-state index contributed by atoms with van der Waals surface area (Å²) in [6.45, 7) is 5.92. The standard InChI is InChI=1S/C21H28ClN3O3/c22-18-4-2-17(3-5-18)21(6-1-7-21)20(27)25-10-8-23(9-11-25)16-19(26)24-12-14-28-15-13-24/h2-5H,1,6-16H2. The van der Waals surface area contributed by atoms with Gasteiger partial charge in [-0.1, -0.05) is 30.2 Å². The average molecular weight is 406 g/mol. The smallest absolute Gasteiger partial charge is 0.236 e. The molecule has 2 aliphatic heterocycles. The Morgan fingerprint density at radius 3 is 2.14 bits per heavy atom. The lowest BCUT2D eigenvalue weighted by Gasteiger charge is -2.46. The number of hydrogen-bond acceptors (Lipinski definition) is 4. The largest absolute Gasteiger partial charge is 0.378 e. The molecule has 2 heterocycles. The van der Waals surface area contributed by atoms with Gasteiger partial charge < -0.3 is 14.5 Å². The zero-order valence-electron chi connectivity index (χ0n) is 16.2. The highest BCUT2D eigenvalue weighted by Crippen LogP contribution is 2.45. The monoisotopic (exact) mass is 405 g/mol. The lowest BCUT2D eigenvalue weighted by molar-refractivity contribution is -0.143. The Kier molecular flexibility index (Phi) is 5.90. The van der Waals surface area contributed by atoms with Gasteiger partial charge in [-0.05, 0) is 30.5 Å². The van der Waals surface area contributed by atoms with E-state index in [1.165, 1.54) is 0 Å². The number of ether oxygens (including phenoxy) is 1. The van der Waals surface area contributed by atoms with Crippen LogP contribution in [0, 0.1) is 0 Å². The van der Waals surface area contributed by atoms with Crippen LogP contribution in [0.1, 0.15) is 24.8 Å². The van der Waals surface area contributed by atoms with Crippen molar-refractivity contribution in [1.82, 2.24) is 14.7 Å². The van der Waals surface area contributed by atoms with Crippen molar-refractivity contribution in [2.75, 3.05) is 59.0 Å². The highest BCUT2D eigenvalue weighted by atomic mass is 35.5. The molecule has 2 saturated heterocycles. The first-order valence-corrected chi connectivity index (χ1v) is 10.6. The molecule has 0 N–H and O–H groups in total. The number of hydrogen-bond donors (Lipinski definition) is 0. The summed E-state index contributed by atoms with van der Waals surface area (Å²) in [4.78, 5) is 31.8. The number of rotatable bonds is 4. The van der Waals surface area contributed by atoms with Crippen molar-refractivity contribution in [1.29, 1.82) is 0 Å². The van der Waals surface area contributed by atoms with E-state index >= 15 is 0 Å². The number of carbonyl (C=O) groups is 2. The van der Waals surface area contributed by atoms with Crippen LogP contribution in [-0.4, -0.2) is 85.5 Å².